The Morgan fingerprint density at radius 2 is 1.96 bits per heavy atom. The number of guanidine groups is 1. The van der Waals surface area contributed by atoms with E-state index in [2.05, 4.69) is 48.2 Å². The van der Waals surface area contributed by atoms with Gasteiger partial charge in [0, 0.05) is 18.0 Å². The van der Waals surface area contributed by atoms with Gasteiger partial charge in [-0.05, 0) is 72.0 Å². The van der Waals surface area contributed by atoms with Crippen molar-refractivity contribution >= 4 is 41.3 Å². The summed E-state index contributed by atoms with van der Waals surface area (Å²) in [6.45, 7) is 15.0. The fourth-order valence-electron chi connectivity index (χ4n) is 3.17. The molecule has 0 unspecified atom stereocenters. The van der Waals surface area contributed by atoms with Crippen LogP contribution in [0.25, 0.3) is 0 Å². The third-order valence-electron chi connectivity index (χ3n) is 4.79. The second-order valence-corrected chi connectivity index (χ2v) is 8.38. The van der Waals surface area contributed by atoms with E-state index in [1.165, 1.54) is 50.2 Å². The molecule has 0 spiro atoms. The zero-order valence-corrected chi connectivity index (χ0v) is 20.0. The number of aromatic nitrogens is 1. The predicted octanol–water partition coefficient (Wildman–Crippen LogP) is 3.95. The smallest absolute Gasteiger partial charge is 0.191 e. The number of nitrogens with one attached hydrogen (secondary N) is 2. The summed E-state index contributed by atoms with van der Waals surface area (Å²) >= 11 is 1.74. The molecule has 5 nitrogen and oxygen atoms in total. The molecule has 1 saturated heterocycles. The van der Waals surface area contributed by atoms with E-state index in [0.717, 1.165) is 35.7 Å². The normalized spacial score (nSPS) is 16.4. The Morgan fingerprint density at radius 3 is 2.58 bits per heavy atom. The number of nitrogens with zero attached hydrogens (tertiary/aromatic N) is 3. The number of unbranched alkanes of at least 4 members (excludes halogenated alkanes) is 1. The lowest BCUT2D eigenvalue weighted by Crippen LogP contribution is -2.38. The lowest BCUT2D eigenvalue weighted by molar-refractivity contribution is 0.189. The summed E-state index contributed by atoms with van der Waals surface area (Å²) in [4.78, 5) is 13.1. The standard InChI is InChI=1S/C19H35N5S.HI/c1-5-20-19(22-14-18-16(3)23-17(4)25-18)21-10-6-7-11-24-12-8-15(2)9-13-24;/h15H,5-14H2,1-4H3,(H2,20,21,22);1H. The van der Waals surface area contributed by atoms with Crippen molar-refractivity contribution in [1.29, 1.82) is 0 Å². The fourth-order valence-corrected chi connectivity index (χ4v) is 4.03. The molecule has 26 heavy (non-hydrogen) atoms. The first-order valence-electron chi connectivity index (χ1n) is 9.76. The van der Waals surface area contributed by atoms with Gasteiger partial charge in [0.25, 0.3) is 0 Å². The zero-order chi connectivity index (χ0) is 18.1. The van der Waals surface area contributed by atoms with Crippen LogP contribution in [0.2, 0.25) is 0 Å². The van der Waals surface area contributed by atoms with Gasteiger partial charge in [-0.15, -0.1) is 35.3 Å². The number of rotatable bonds is 8. The van der Waals surface area contributed by atoms with Crippen LogP contribution in [-0.2, 0) is 6.54 Å². The molecule has 1 aromatic rings. The quantitative estimate of drug-likeness (QED) is 0.249. The maximum absolute atomic E-state index is 4.71. The predicted molar refractivity (Wildman–Crippen MR) is 124 cm³/mol. The third-order valence-corrected chi connectivity index (χ3v) is 5.85. The highest BCUT2D eigenvalue weighted by molar-refractivity contribution is 14.0. The lowest BCUT2D eigenvalue weighted by Gasteiger charge is -2.30. The Kier molecular flexibility index (Phi) is 11.7. The van der Waals surface area contributed by atoms with Crippen LogP contribution in [0.5, 0.6) is 0 Å². The number of halogens is 1. The number of likely N-dealkylation sites (tertiary alicyclic amines) is 1. The summed E-state index contributed by atoms with van der Waals surface area (Å²) in [6, 6.07) is 0. The van der Waals surface area contributed by atoms with Crippen LogP contribution < -0.4 is 10.6 Å². The lowest BCUT2D eigenvalue weighted by atomic mass is 9.99. The first kappa shape index (κ1) is 23.6. The molecule has 0 amide bonds. The van der Waals surface area contributed by atoms with Gasteiger partial charge in [-0.3, -0.25) is 0 Å². The van der Waals surface area contributed by atoms with Crippen molar-refractivity contribution in [3.63, 3.8) is 0 Å². The summed E-state index contributed by atoms with van der Waals surface area (Å²) in [7, 11) is 0. The van der Waals surface area contributed by atoms with E-state index >= 15 is 0 Å². The molecule has 2 rings (SSSR count). The number of hydrogen-bond acceptors (Lipinski definition) is 4. The number of aliphatic imine (C=N–C) groups is 1. The highest BCUT2D eigenvalue weighted by atomic mass is 127. The summed E-state index contributed by atoms with van der Waals surface area (Å²) in [5.74, 6) is 1.84. The Morgan fingerprint density at radius 1 is 1.23 bits per heavy atom. The first-order chi connectivity index (χ1) is 12.1. The fraction of sp³-hybridized carbons (Fsp3) is 0.789. The molecule has 1 aliphatic rings. The summed E-state index contributed by atoms with van der Waals surface area (Å²) < 4.78 is 0. The second-order valence-electron chi connectivity index (χ2n) is 7.09. The third kappa shape index (κ3) is 8.52. The van der Waals surface area contributed by atoms with Gasteiger partial charge >= 0.3 is 0 Å². The van der Waals surface area contributed by atoms with Crippen LogP contribution in [0.15, 0.2) is 4.99 Å². The van der Waals surface area contributed by atoms with Crippen molar-refractivity contribution in [2.75, 3.05) is 32.7 Å². The second kappa shape index (κ2) is 12.9. The van der Waals surface area contributed by atoms with Gasteiger partial charge < -0.3 is 15.5 Å². The van der Waals surface area contributed by atoms with Crippen molar-refractivity contribution in [3.8, 4) is 0 Å². The Balaban J connectivity index is 0.00000338. The molecule has 150 valence electrons. The van der Waals surface area contributed by atoms with Crippen LogP contribution >= 0.6 is 35.3 Å². The van der Waals surface area contributed by atoms with E-state index < -0.39 is 0 Å². The van der Waals surface area contributed by atoms with E-state index in [9.17, 15) is 0 Å². The highest BCUT2D eigenvalue weighted by Crippen LogP contribution is 2.18. The molecule has 0 saturated carbocycles. The van der Waals surface area contributed by atoms with Gasteiger partial charge in [0.2, 0.25) is 0 Å². The molecule has 0 bridgehead atoms. The maximum Gasteiger partial charge on any atom is 0.191 e. The molecule has 1 aliphatic heterocycles. The minimum atomic E-state index is 0. The van der Waals surface area contributed by atoms with E-state index in [4.69, 9.17) is 4.99 Å². The first-order valence-corrected chi connectivity index (χ1v) is 10.6. The van der Waals surface area contributed by atoms with Crippen molar-refractivity contribution in [3.05, 3.63) is 15.6 Å². The van der Waals surface area contributed by atoms with Crippen molar-refractivity contribution in [2.24, 2.45) is 10.9 Å². The average molecular weight is 494 g/mol. The van der Waals surface area contributed by atoms with Gasteiger partial charge in [0.05, 0.1) is 17.2 Å². The zero-order valence-electron chi connectivity index (χ0n) is 16.8. The summed E-state index contributed by atoms with van der Waals surface area (Å²) in [6.07, 6.45) is 5.18. The van der Waals surface area contributed by atoms with Gasteiger partial charge in [-0.2, -0.15) is 0 Å². The summed E-state index contributed by atoms with van der Waals surface area (Å²) in [5.41, 5.74) is 1.11. The van der Waals surface area contributed by atoms with Crippen molar-refractivity contribution in [2.45, 2.75) is 59.9 Å². The van der Waals surface area contributed by atoms with Gasteiger partial charge in [0.1, 0.15) is 0 Å². The van der Waals surface area contributed by atoms with E-state index in [1.54, 1.807) is 11.3 Å². The minimum Gasteiger partial charge on any atom is -0.357 e. The van der Waals surface area contributed by atoms with E-state index in [0.29, 0.717) is 6.54 Å². The van der Waals surface area contributed by atoms with Gasteiger partial charge in [-0.25, -0.2) is 9.98 Å². The molecule has 2 heterocycles. The van der Waals surface area contributed by atoms with Crippen LogP contribution in [0, 0.1) is 19.8 Å². The molecule has 0 aliphatic carbocycles. The van der Waals surface area contributed by atoms with Crippen LogP contribution in [-0.4, -0.2) is 48.6 Å². The molecule has 1 aromatic heterocycles. The molecule has 0 atom stereocenters. The Bertz CT molecular complexity index is 538. The van der Waals surface area contributed by atoms with Crippen molar-refractivity contribution < 1.29 is 0 Å². The molecule has 1 fully saturated rings. The van der Waals surface area contributed by atoms with Crippen LogP contribution in [0.1, 0.15) is 55.1 Å². The number of hydrogen-bond donors (Lipinski definition) is 2. The van der Waals surface area contributed by atoms with Gasteiger partial charge in [0.15, 0.2) is 5.96 Å². The van der Waals surface area contributed by atoms with Gasteiger partial charge in [-0.1, -0.05) is 6.92 Å². The van der Waals surface area contributed by atoms with Crippen LogP contribution in [0.4, 0.5) is 0 Å². The molecule has 0 aromatic carbocycles. The van der Waals surface area contributed by atoms with Crippen molar-refractivity contribution in [1.82, 2.24) is 20.5 Å². The molecular formula is C19H36IN5S. The number of thiazole rings is 1. The summed E-state index contributed by atoms with van der Waals surface area (Å²) in [5, 5.41) is 7.92. The average Bonchev–Trinajstić information content (AvgIpc) is 2.91. The highest BCUT2D eigenvalue weighted by Gasteiger charge is 2.14. The maximum atomic E-state index is 4.71. The van der Waals surface area contributed by atoms with E-state index in [1.807, 2.05) is 0 Å². The molecular weight excluding hydrogens is 457 g/mol. The van der Waals surface area contributed by atoms with Crippen LogP contribution in [0.3, 0.4) is 0 Å². The van der Waals surface area contributed by atoms with E-state index in [-0.39, 0.29) is 24.0 Å². The topological polar surface area (TPSA) is 52.6 Å². The Labute approximate surface area is 180 Å². The number of aryl methyl sites for hydroxylation is 2. The minimum absolute atomic E-state index is 0. The number of piperidine rings is 1. The Hall–Kier alpha value is -0.410. The largest absolute Gasteiger partial charge is 0.357 e. The SMILES string of the molecule is CCNC(=NCc1sc(C)nc1C)NCCCCN1CCC(C)CC1.I. The molecule has 2 N–H and O–H groups in total. The monoisotopic (exact) mass is 493 g/mol. The molecule has 0 radical (unpaired) electrons. The molecule has 7 heteroatoms.